The minimum atomic E-state index is -4.58. The number of fused-ring (bicyclic) bond motifs is 3. The van der Waals surface area contributed by atoms with Gasteiger partial charge in [0, 0.05) is 7.05 Å². The normalized spacial score (nSPS) is 14.8. The molecule has 0 saturated carbocycles. The van der Waals surface area contributed by atoms with E-state index >= 15 is 0 Å². The standard InChI is InChI=1S/C13H10F3N3O/c1-18-6-8-5-17-7-19(8)10-4-2-3-9(13(14,15)16)11(10)12(18)20/h2-5,7H,6H2,1H3. The fourth-order valence-electron chi connectivity index (χ4n) is 2.36. The Morgan fingerprint density at radius 3 is 2.75 bits per heavy atom. The highest BCUT2D eigenvalue weighted by Gasteiger charge is 2.38. The van der Waals surface area contributed by atoms with Crippen LogP contribution < -0.4 is 0 Å². The summed E-state index contributed by atoms with van der Waals surface area (Å²) in [4.78, 5) is 17.5. The zero-order valence-electron chi connectivity index (χ0n) is 10.5. The van der Waals surface area contributed by atoms with E-state index in [4.69, 9.17) is 0 Å². The predicted molar refractivity (Wildman–Crippen MR) is 64.4 cm³/mol. The molecule has 104 valence electrons. The van der Waals surface area contributed by atoms with Crippen LogP contribution in [0.15, 0.2) is 30.7 Å². The predicted octanol–water partition coefficient (Wildman–Crippen LogP) is 2.48. The van der Waals surface area contributed by atoms with E-state index in [1.807, 2.05) is 0 Å². The smallest absolute Gasteiger partial charge is 0.336 e. The molecule has 0 aliphatic carbocycles. The number of imidazole rings is 1. The number of amides is 1. The number of alkyl halides is 3. The van der Waals surface area contributed by atoms with Crippen LogP contribution >= 0.6 is 0 Å². The zero-order valence-corrected chi connectivity index (χ0v) is 10.5. The van der Waals surface area contributed by atoms with Crippen LogP contribution in [-0.4, -0.2) is 27.4 Å². The summed E-state index contributed by atoms with van der Waals surface area (Å²) in [5.41, 5.74) is -0.381. The third kappa shape index (κ3) is 1.77. The molecule has 0 atom stereocenters. The Bertz CT molecular complexity index is 690. The van der Waals surface area contributed by atoms with E-state index < -0.39 is 17.6 Å². The molecule has 0 N–H and O–H groups in total. The van der Waals surface area contributed by atoms with Crippen molar-refractivity contribution in [1.82, 2.24) is 14.5 Å². The van der Waals surface area contributed by atoms with Gasteiger partial charge in [-0.05, 0) is 12.1 Å². The topological polar surface area (TPSA) is 38.1 Å². The Kier molecular flexibility index (Phi) is 2.60. The largest absolute Gasteiger partial charge is 0.417 e. The Hall–Kier alpha value is -2.31. The highest BCUT2D eigenvalue weighted by Crippen LogP contribution is 2.36. The van der Waals surface area contributed by atoms with Crippen molar-refractivity contribution in [3.05, 3.63) is 47.5 Å². The van der Waals surface area contributed by atoms with E-state index in [1.165, 1.54) is 35.0 Å². The van der Waals surface area contributed by atoms with E-state index in [9.17, 15) is 18.0 Å². The summed E-state index contributed by atoms with van der Waals surface area (Å²) in [6, 6.07) is 3.71. The number of hydrogen-bond donors (Lipinski definition) is 0. The molecule has 0 unspecified atom stereocenters. The third-order valence-corrected chi connectivity index (χ3v) is 3.28. The van der Waals surface area contributed by atoms with Crippen molar-refractivity contribution in [3.8, 4) is 5.69 Å². The second kappa shape index (κ2) is 4.09. The summed E-state index contributed by atoms with van der Waals surface area (Å²) in [5.74, 6) is -0.642. The first-order valence-corrected chi connectivity index (χ1v) is 5.87. The molecule has 2 aromatic rings. The molecule has 1 aromatic carbocycles. The average Bonchev–Trinajstić information content (AvgIpc) is 2.80. The second-order valence-corrected chi connectivity index (χ2v) is 4.61. The fourth-order valence-corrected chi connectivity index (χ4v) is 2.36. The molecule has 7 heteroatoms. The number of carbonyl (C=O) groups is 1. The van der Waals surface area contributed by atoms with Crippen LogP contribution in [0.1, 0.15) is 21.6 Å². The number of aromatic nitrogens is 2. The van der Waals surface area contributed by atoms with Gasteiger partial charge in [-0.3, -0.25) is 4.79 Å². The van der Waals surface area contributed by atoms with Gasteiger partial charge in [-0.1, -0.05) is 6.07 Å². The highest BCUT2D eigenvalue weighted by molar-refractivity contribution is 5.99. The van der Waals surface area contributed by atoms with Gasteiger partial charge >= 0.3 is 6.18 Å². The maximum Gasteiger partial charge on any atom is 0.417 e. The number of carbonyl (C=O) groups excluding carboxylic acids is 1. The number of halogens is 3. The van der Waals surface area contributed by atoms with Gasteiger partial charge in [0.05, 0.1) is 41.6 Å². The summed E-state index contributed by atoms with van der Waals surface area (Å²) in [7, 11) is 1.47. The van der Waals surface area contributed by atoms with Crippen molar-refractivity contribution in [1.29, 1.82) is 0 Å². The molecule has 1 aliphatic heterocycles. The summed E-state index contributed by atoms with van der Waals surface area (Å²) in [6.45, 7) is 0.213. The lowest BCUT2D eigenvalue weighted by Gasteiger charge is -2.17. The van der Waals surface area contributed by atoms with Crippen LogP contribution in [0.5, 0.6) is 0 Å². The van der Waals surface area contributed by atoms with Crippen molar-refractivity contribution in [2.45, 2.75) is 12.7 Å². The van der Waals surface area contributed by atoms with Gasteiger partial charge in [0.25, 0.3) is 5.91 Å². The van der Waals surface area contributed by atoms with Crippen molar-refractivity contribution >= 4 is 5.91 Å². The lowest BCUT2D eigenvalue weighted by atomic mass is 10.0. The quantitative estimate of drug-likeness (QED) is 0.744. The molecule has 20 heavy (non-hydrogen) atoms. The van der Waals surface area contributed by atoms with Gasteiger partial charge in [0.1, 0.15) is 0 Å². The molecular weight excluding hydrogens is 271 g/mol. The SMILES string of the molecule is CN1Cc2cncn2-c2cccc(C(F)(F)F)c2C1=O. The molecule has 1 aromatic heterocycles. The van der Waals surface area contributed by atoms with Crippen LogP contribution in [0.3, 0.4) is 0 Å². The molecular formula is C13H10F3N3O. The van der Waals surface area contributed by atoms with Crippen LogP contribution in [0, 0.1) is 0 Å². The van der Waals surface area contributed by atoms with Gasteiger partial charge < -0.3 is 9.47 Å². The molecule has 2 heterocycles. The second-order valence-electron chi connectivity index (χ2n) is 4.61. The molecule has 3 rings (SSSR count). The molecule has 1 aliphatic rings. The Morgan fingerprint density at radius 1 is 1.30 bits per heavy atom. The number of rotatable bonds is 0. The molecule has 1 amide bonds. The van der Waals surface area contributed by atoms with E-state index in [0.717, 1.165) is 6.07 Å². The van der Waals surface area contributed by atoms with Gasteiger partial charge in [0.2, 0.25) is 0 Å². The minimum absolute atomic E-state index is 0.210. The van der Waals surface area contributed by atoms with Crippen molar-refractivity contribution < 1.29 is 18.0 Å². The first kappa shape index (κ1) is 12.7. The molecule has 4 nitrogen and oxygen atoms in total. The Morgan fingerprint density at radius 2 is 2.05 bits per heavy atom. The van der Waals surface area contributed by atoms with Gasteiger partial charge in [0.15, 0.2) is 0 Å². The van der Waals surface area contributed by atoms with Crippen LogP contribution in [0.4, 0.5) is 13.2 Å². The highest BCUT2D eigenvalue weighted by atomic mass is 19.4. The monoisotopic (exact) mass is 281 g/mol. The van der Waals surface area contributed by atoms with Crippen LogP contribution in [-0.2, 0) is 12.7 Å². The van der Waals surface area contributed by atoms with Gasteiger partial charge in [-0.15, -0.1) is 0 Å². The first-order chi connectivity index (χ1) is 9.39. The number of hydrogen-bond acceptors (Lipinski definition) is 2. The van der Waals surface area contributed by atoms with Crippen LogP contribution in [0.25, 0.3) is 5.69 Å². The van der Waals surface area contributed by atoms with E-state index in [-0.39, 0.29) is 17.8 Å². The third-order valence-electron chi connectivity index (χ3n) is 3.28. The lowest BCUT2D eigenvalue weighted by Crippen LogP contribution is -2.27. The van der Waals surface area contributed by atoms with Crippen molar-refractivity contribution in [3.63, 3.8) is 0 Å². The molecule has 0 spiro atoms. The summed E-state index contributed by atoms with van der Waals surface area (Å²) < 4.78 is 40.9. The Balaban J connectivity index is 2.36. The Labute approximate surface area is 112 Å². The molecule has 0 bridgehead atoms. The van der Waals surface area contributed by atoms with Crippen LogP contribution in [0.2, 0.25) is 0 Å². The average molecular weight is 281 g/mol. The van der Waals surface area contributed by atoms with E-state index in [0.29, 0.717) is 5.69 Å². The minimum Gasteiger partial charge on any atom is -0.336 e. The van der Waals surface area contributed by atoms with E-state index in [1.54, 1.807) is 6.20 Å². The lowest BCUT2D eigenvalue weighted by molar-refractivity contribution is -0.138. The zero-order chi connectivity index (χ0) is 14.5. The number of nitrogens with zero attached hydrogens (tertiary/aromatic N) is 3. The maximum absolute atomic E-state index is 13.1. The summed E-state index contributed by atoms with van der Waals surface area (Å²) in [5, 5.41) is 0. The first-order valence-electron chi connectivity index (χ1n) is 5.87. The van der Waals surface area contributed by atoms with Gasteiger partial charge in [-0.2, -0.15) is 13.2 Å². The van der Waals surface area contributed by atoms with Gasteiger partial charge in [-0.25, -0.2) is 4.98 Å². The fraction of sp³-hybridized carbons (Fsp3) is 0.231. The molecule has 0 saturated heterocycles. The molecule has 0 radical (unpaired) electrons. The molecule has 0 fully saturated rings. The van der Waals surface area contributed by atoms with Crippen molar-refractivity contribution in [2.24, 2.45) is 0 Å². The van der Waals surface area contributed by atoms with E-state index in [2.05, 4.69) is 4.98 Å². The number of benzene rings is 1. The maximum atomic E-state index is 13.1. The van der Waals surface area contributed by atoms with Crippen molar-refractivity contribution in [2.75, 3.05) is 7.05 Å². The summed E-state index contributed by atoms with van der Waals surface area (Å²) in [6.07, 6.45) is -1.62. The summed E-state index contributed by atoms with van der Waals surface area (Å²) >= 11 is 0.